The molecule has 0 heterocycles. The van der Waals surface area contributed by atoms with Crippen molar-refractivity contribution in [2.24, 2.45) is 0 Å². The van der Waals surface area contributed by atoms with Crippen molar-refractivity contribution < 1.29 is 0 Å². The monoisotopic (exact) mass is 217 g/mol. The van der Waals surface area contributed by atoms with E-state index in [4.69, 9.17) is 0 Å². The van der Waals surface area contributed by atoms with Crippen LogP contribution in [-0.4, -0.2) is 6.54 Å². The van der Waals surface area contributed by atoms with Crippen LogP contribution in [0.3, 0.4) is 0 Å². The van der Waals surface area contributed by atoms with Crippen molar-refractivity contribution in [2.45, 2.75) is 40.2 Å². The van der Waals surface area contributed by atoms with E-state index < -0.39 is 0 Å². The summed E-state index contributed by atoms with van der Waals surface area (Å²) < 4.78 is 0. The van der Waals surface area contributed by atoms with Gasteiger partial charge in [-0.05, 0) is 50.4 Å². The molecule has 1 aromatic carbocycles. The van der Waals surface area contributed by atoms with Crippen LogP contribution in [0.1, 0.15) is 43.0 Å². The van der Waals surface area contributed by atoms with Crippen LogP contribution in [0.5, 0.6) is 0 Å². The maximum Gasteiger partial charge on any atom is 0.0357 e. The molecule has 0 saturated heterocycles. The number of aryl methyl sites for hydroxylation is 2. The molecule has 1 unspecified atom stereocenters. The highest BCUT2D eigenvalue weighted by Crippen LogP contribution is 2.22. The van der Waals surface area contributed by atoms with Crippen LogP contribution >= 0.6 is 0 Å². The summed E-state index contributed by atoms with van der Waals surface area (Å²) in [5.41, 5.74) is 5.31. The van der Waals surface area contributed by atoms with E-state index in [-0.39, 0.29) is 0 Å². The van der Waals surface area contributed by atoms with Gasteiger partial charge >= 0.3 is 0 Å². The topological polar surface area (TPSA) is 12.0 Å². The first-order valence-corrected chi connectivity index (χ1v) is 5.99. The molecule has 1 N–H and O–H groups in total. The Kier molecular flexibility index (Phi) is 4.75. The van der Waals surface area contributed by atoms with Gasteiger partial charge in [-0.25, -0.2) is 0 Å². The Hall–Kier alpha value is -1.08. The fourth-order valence-electron chi connectivity index (χ4n) is 1.88. The Morgan fingerprint density at radius 3 is 2.50 bits per heavy atom. The second-order valence-electron chi connectivity index (χ2n) is 4.62. The molecule has 0 aliphatic carbocycles. The van der Waals surface area contributed by atoms with E-state index in [1.165, 1.54) is 22.3 Å². The van der Waals surface area contributed by atoms with Crippen LogP contribution in [0.15, 0.2) is 30.4 Å². The predicted octanol–water partition coefficient (Wildman–Crippen LogP) is 3.92. The highest BCUT2D eigenvalue weighted by molar-refractivity contribution is 5.32. The van der Waals surface area contributed by atoms with Crippen LogP contribution in [-0.2, 0) is 0 Å². The van der Waals surface area contributed by atoms with Crippen LogP contribution in [0.25, 0.3) is 0 Å². The Labute approximate surface area is 99.6 Å². The molecule has 0 aliphatic rings. The average Bonchev–Trinajstić information content (AvgIpc) is 2.21. The molecule has 1 atom stereocenters. The second kappa shape index (κ2) is 5.86. The van der Waals surface area contributed by atoms with Gasteiger partial charge in [0.15, 0.2) is 0 Å². The molecule has 1 rings (SSSR count). The zero-order valence-electron chi connectivity index (χ0n) is 10.9. The second-order valence-corrected chi connectivity index (χ2v) is 4.62. The third kappa shape index (κ3) is 3.49. The molecule has 1 nitrogen and oxygen atoms in total. The summed E-state index contributed by atoms with van der Waals surface area (Å²) in [6.07, 6.45) is 1.01. The lowest BCUT2D eigenvalue weighted by Crippen LogP contribution is -2.21. The van der Waals surface area contributed by atoms with Gasteiger partial charge in [0, 0.05) is 6.04 Å². The lowest BCUT2D eigenvalue weighted by molar-refractivity contribution is 0.548. The normalized spacial score (nSPS) is 12.5. The summed E-state index contributed by atoms with van der Waals surface area (Å²) in [4.78, 5) is 0. The number of benzene rings is 1. The Morgan fingerprint density at radius 2 is 2.00 bits per heavy atom. The Balaban J connectivity index is 2.91. The summed E-state index contributed by atoms with van der Waals surface area (Å²) in [6, 6.07) is 7.11. The maximum atomic E-state index is 4.00. The van der Waals surface area contributed by atoms with Gasteiger partial charge in [-0.1, -0.05) is 30.7 Å². The summed E-state index contributed by atoms with van der Waals surface area (Å²) in [5.74, 6) is 0. The van der Waals surface area contributed by atoms with Crippen LogP contribution in [0.2, 0.25) is 0 Å². The van der Waals surface area contributed by atoms with Gasteiger partial charge in [0.05, 0.1) is 0 Å². The summed E-state index contributed by atoms with van der Waals surface area (Å²) in [7, 11) is 0. The van der Waals surface area contributed by atoms with Crippen molar-refractivity contribution in [2.75, 3.05) is 6.54 Å². The van der Waals surface area contributed by atoms with Crippen molar-refractivity contribution in [3.05, 3.63) is 47.0 Å². The van der Waals surface area contributed by atoms with E-state index in [0.29, 0.717) is 6.04 Å². The number of rotatable bonds is 5. The van der Waals surface area contributed by atoms with Crippen molar-refractivity contribution in [3.63, 3.8) is 0 Å². The fourth-order valence-corrected chi connectivity index (χ4v) is 1.88. The molecule has 0 amide bonds. The molecule has 16 heavy (non-hydrogen) atoms. The number of nitrogens with one attached hydrogen (secondary N) is 1. The van der Waals surface area contributed by atoms with E-state index in [1.807, 2.05) is 0 Å². The maximum absolute atomic E-state index is 4.00. The van der Waals surface area contributed by atoms with Crippen molar-refractivity contribution in [1.82, 2.24) is 5.32 Å². The quantitative estimate of drug-likeness (QED) is 0.737. The molecule has 0 fully saturated rings. The smallest absolute Gasteiger partial charge is 0.0357 e. The molecule has 0 aromatic heterocycles. The minimum absolute atomic E-state index is 0.404. The zero-order valence-corrected chi connectivity index (χ0v) is 10.9. The number of hydrogen-bond donors (Lipinski definition) is 1. The Bertz CT molecular complexity index is 366. The summed E-state index contributed by atoms with van der Waals surface area (Å²) in [6.45, 7) is 13.5. The van der Waals surface area contributed by atoms with Crippen molar-refractivity contribution in [3.8, 4) is 0 Å². The summed E-state index contributed by atoms with van der Waals surface area (Å²) >= 11 is 0. The van der Waals surface area contributed by atoms with Crippen LogP contribution in [0, 0.1) is 13.8 Å². The van der Waals surface area contributed by atoms with Crippen LogP contribution in [0.4, 0.5) is 0 Å². The van der Waals surface area contributed by atoms with Gasteiger partial charge in [0.2, 0.25) is 0 Å². The van der Waals surface area contributed by atoms with Crippen LogP contribution < -0.4 is 5.32 Å². The largest absolute Gasteiger partial charge is 0.310 e. The first kappa shape index (κ1) is 13.0. The fraction of sp³-hybridized carbons (Fsp3) is 0.467. The van der Waals surface area contributed by atoms with E-state index in [9.17, 15) is 0 Å². The van der Waals surface area contributed by atoms with Gasteiger partial charge in [-0.2, -0.15) is 0 Å². The summed E-state index contributed by atoms with van der Waals surface area (Å²) in [5, 5.41) is 3.52. The number of hydrogen-bond acceptors (Lipinski definition) is 1. The Morgan fingerprint density at radius 1 is 1.31 bits per heavy atom. The molecule has 0 aliphatic heterocycles. The van der Waals surface area contributed by atoms with Gasteiger partial charge in [0.1, 0.15) is 0 Å². The lowest BCUT2D eigenvalue weighted by atomic mass is 9.97. The SMILES string of the molecule is C=C(C)CC(NCC)c1ccc(C)c(C)c1. The molecule has 88 valence electrons. The third-order valence-electron chi connectivity index (χ3n) is 2.94. The minimum atomic E-state index is 0.404. The predicted molar refractivity (Wildman–Crippen MR) is 71.8 cm³/mol. The van der Waals surface area contributed by atoms with Gasteiger partial charge in [-0.15, -0.1) is 6.58 Å². The molecular formula is C15H23N. The highest BCUT2D eigenvalue weighted by Gasteiger charge is 2.10. The highest BCUT2D eigenvalue weighted by atomic mass is 14.9. The molecule has 1 aromatic rings. The zero-order chi connectivity index (χ0) is 12.1. The van der Waals surface area contributed by atoms with Crippen molar-refractivity contribution >= 4 is 0 Å². The molecule has 0 radical (unpaired) electrons. The van der Waals surface area contributed by atoms with E-state index >= 15 is 0 Å². The molecular weight excluding hydrogens is 194 g/mol. The first-order valence-electron chi connectivity index (χ1n) is 5.99. The molecule has 1 heteroatoms. The van der Waals surface area contributed by atoms with Crippen molar-refractivity contribution in [1.29, 1.82) is 0 Å². The van der Waals surface area contributed by atoms with E-state index in [1.54, 1.807) is 0 Å². The minimum Gasteiger partial charge on any atom is -0.310 e. The van der Waals surface area contributed by atoms with Gasteiger partial charge in [-0.3, -0.25) is 0 Å². The molecule has 0 spiro atoms. The average molecular weight is 217 g/mol. The van der Waals surface area contributed by atoms with E-state index in [2.05, 4.69) is 57.8 Å². The van der Waals surface area contributed by atoms with Gasteiger partial charge in [0.25, 0.3) is 0 Å². The molecule has 0 bridgehead atoms. The first-order chi connectivity index (χ1) is 7.54. The third-order valence-corrected chi connectivity index (χ3v) is 2.94. The van der Waals surface area contributed by atoms with Gasteiger partial charge < -0.3 is 5.32 Å². The molecule has 0 saturated carbocycles. The van der Waals surface area contributed by atoms with E-state index in [0.717, 1.165) is 13.0 Å². The lowest BCUT2D eigenvalue weighted by Gasteiger charge is -2.19. The standard InChI is InChI=1S/C15H23N/c1-6-16-15(9-11(2)3)14-8-7-12(4)13(5)10-14/h7-8,10,15-16H,2,6,9H2,1,3-5H3.